The first-order valence-electron chi connectivity index (χ1n) is 6.87. The van der Waals surface area contributed by atoms with E-state index in [2.05, 4.69) is 4.74 Å². The van der Waals surface area contributed by atoms with Crippen LogP contribution in [0.3, 0.4) is 0 Å². The van der Waals surface area contributed by atoms with Crippen molar-refractivity contribution < 1.29 is 44.0 Å². The van der Waals surface area contributed by atoms with E-state index >= 15 is 0 Å². The van der Waals surface area contributed by atoms with Gasteiger partial charge < -0.3 is 47.7 Å². The highest BCUT2D eigenvalue weighted by molar-refractivity contribution is 5.78. The molecular weight excluding hydrogens is 344 g/mol. The molecule has 0 aliphatic rings. The van der Waals surface area contributed by atoms with Gasteiger partial charge in [0.2, 0.25) is 0 Å². The Kier molecular flexibility index (Phi) is 13.0. The van der Waals surface area contributed by atoms with Crippen molar-refractivity contribution >= 4 is 23.9 Å². The highest BCUT2D eigenvalue weighted by atomic mass is 16.6. The van der Waals surface area contributed by atoms with Gasteiger partial charge in [-0.25, -0.2) is 0 Å². The lowest BCUT2D eigenvalue weighted by molar-refractivity contribution is -0.156. The van der Waals surface area contributed by atoms with Crippen LogP contribution in [0, 0.1) is 0 Å². The number of ether oxygens (including phenoxy) is 2. The van der Waals surface area contributed by atoms with Crippen molar-refractivity contribution in [1.29, 1.82) is 0 Å². The Labute approximate surface area is 142 Å². The third-order valence-electron chi connectivity index (χ3n) is 2.50. The molecule has 0 aromatic heterocycles. The van der Waals surface area contributed by atoms with Gasteiger partial charge in [0.1, 0.15) is 30.8 Å². The van der Waals surface area contributed by atoms with Crippen molar-refractivity contribution in [2.75, 3.05) is 19.8 Å². The molecule has 0 spiro atoms. The van der Waals surface area contributed by atoms with E-state index in [0.717, 1.165) is 0 Å². The highest BCUT2D eigenvalue weighted by Crippen LogP contribution is 2.00. The maximum Gasteiger partial charge on any atom is 0.326 e. The van der Waals surface area contributed by atoms with Crippen molar-refractivity contribution in [3.05, 3.63) is 0 Å². The third kappa shape index (κ3) is 11.8. The van der Waals surface area contributed by atoms with Gasteiger partial charge in [-0.2, -0.15) is 0 Å². The molecule has 13 heteroatoms. The average molecular weight is 368 g/mol. The molecule has 0 unspecified atom stereocenters. The fraction of sp³-hybridized carbons (Fsp3) is 0.667. The van der Waals surface area contributed by atoms with Crippen molar-refractivity contribution in [2.24, 2.45) is 22.9 Å². The molecule has 0 rings (SSSR count). The molecule has 11 N–H and O–H groups in total. The molecule has 0 saturated carbocycles. The first-order chi connectivity index (χ1) is 11.5. The Bertz CT molecular complexity index is 460. The number of carboxylic acids is 2. The van der Waals surface area contributed by atoms with Crippen LogP contribution in [0.4, 0.5) is 0 Å². The molecule has 0 bridgehead atoms. The van der Waals surface area contributed by atoms with Crippen LogP contribution in [0.25, 0.3) is 0 Å². The zero-order valence-corrected chi connectivity index (χ0v) is 13.5. The molecule has 0 aliphatic carbocycles. The van der Waals surface area contributed by atoms with E-state index < -0.39 is 61.3 Å². The number of rotatable bonds is 9. The smallest absolute Gasteiger partial charge is 0.326 e. The molecule has 0 heterocycles. The maximum atomic E-state index is 11.4. The first kappa shape index (κ1) is 24.9. The van der Waals surface area contributed by atoms with E-state index in [1.807, 2.05) is 0 Å². The quantitative estimate of drug-likeness (QED) is 0.190. The van der Waals surface area contributed by atoms with Crippen LogP contribution in [0.5, 0.6) is 0 Å². The van der Waals surface area contributed by atoms with Gasteiger partial charge in [0.05, 0.1) is 13.2 Å². The molecule has 146 valence electrons. The monoisotopic (exact) mass is 368 g/mol. The molecule has 0 amide bonds. The second kappa shape index (κ2) is 13.0. The summed E-state index contributed by atoms with van der Waals surface area (Å²) in [5, 5.41) is 24.4. The zero-order valence-electron chi connectivity index (χ0n) is 13.5. The normalized spacial score (nSPS) is 14.8. The van der Waals surface area contributed by atoms with Crippen LogP contribution in [-0.4, -0.2) is 83.2 Å². The minimum absolute atomic E-state index is 0.337. The summed E-state index contributed by atoms with van der Waals surface area (Å²) in [5.74, 6) is -4.11. The van der Waals surface area contributed by atoms with Crippen LogP contribution in [-0.2, 0) is 28.7 Å². The summed E-state index contributed by atoms with van der Waals surface area (Å²) < 4.78 is 9.27. The number of hydrogen-bond acceptors (Lipinski definition) is 11. The van der Waals surface area contributed by atoms with Crippen molar-refractivity contribution in [1.82, 2.24) is 0 Å². The summed E-state index contributed by atoms with van der Waals surface area (Å²) in [6.45, 7) is 0.0291. The Morgan fingerprint density at radius 2 is 1.48 bits per heavy atom. The van der Waals surface area contributed by atoms with Gasteiger partial charge >= 0.3 is 23.9 Å². The van der Waals surface area contributed by atoms with Gasteiger partial charge in [-0.3, -0.25) is 19.2 Å². The van der Waals surface area contributed by atoms with Crippen LogP contribution in [0.2, 0.25) is 0 Å². The average Bonchev–Trinajstić information content (AvgIpc) is 2.57. The largest absolute Gasteiger partial charge is 0.480 e. The van der Waals surface area contributed by atoms with E-state index in [1.54, 1.807) is 0 Å². The minimum Gasteiger partial charge on any atom is -0.480 e. The predicted octanol–water partition coefficient (Wildman–Crippen LogP) is -4.45. The van der Waals surface area contributed by atoms with Crippen molar-refractivity contribution in [2.45, 2.75) is 31.2 Å². The molecule has 0 fully saturated rings. The SMILES string of the molecule is C[C@@H](OC(=O)CN)[C@H](N)C(=O)OC[C@H](N)C(=O)O.N[C@@H](CO)C(=O)O. The van der Waals surface area contributed by atoms with Crippen LogP contribution in [0.15, 0.2) is 0 Å². The Hall–Kier alpha value is -2.32. The first-order valence-corrected chi connectivity index (χ1v) is 6.87. The van der Waals surface area contributed by atoms with Gasteiger partial charge in [-0.05, 0) is 6.92 Å². The van der Waals surface area contributed by atoms with Crippen LogP contribution in [0.1, 0.15) is 6.92 Å². The lowest BCUT2D eigenvalue weighted by Gasteiger charge is -2.19. The number of carboxylic acid groups (broad SMARTS) is 2. The molecule has 0 saturated heterocycles. The summed E-state index contributed by atoms with van der Waals surface area (Å²) in [7, 11) is 0. The number of carbonyl (C=O) groups is 4. The fourth-order valence-corrected chi connectivity index (χ4v) is 0.938. The predicted molar refractivity (Wildman–Crippen MR) is 81.9 cm³/mol. The summed E-state index contributed by atoms with van der Waals surface area (Å²) in [5.41, 5.74) is 20.4. The number of carbonyl (C=O) groups excluding carboxylic acids is 2. The van der Waals surface area contributed by atoms with Gasteiger partial charge in [0.25, 0.3) is 0 Å². The highest BCUT2D eigenvalue weighted by Gasteiger charge is 2.26. The van der Waals surface area contributed by atoms with Crippen molar-refractivity contribution in [3.8, 4) is 0 Å². The third-order valence-corrected chi connectivity index (χ3v) is 2.50. The van der Waals surface area contributed by atoms with Crippen LogP contribution >= 0.6 is 0 Å². The van der Waals surface area contributed by atoms with E-state index in [1.165, 1.54) is 6.92 Å². The van der Waals surface area contributed by atoms with Crippen LogP contribution < -0.4 is 22.9 Å². The summed E-state index contributed by atoms with van der Waals surface area (Å²) in [4.78, 5) is 42.2. The van der Waals surface area contributed by atoms with Gasteiger partial charge in [0.15, 0.2) is 0 Å². The topological polar surface area (TPSA) is 252 Å². The molecule has 0 aromatic rings. The van der Waals surface area contributed by atoms with E-state index in [9.17, 15) is 19.2 Å². The minimum atomic E-state index is -1.33. The van der Waals surface area contributed by atoms with E-state index in [4.69, 9.17) is 43.0 Å². The maximum absolute atomic E-state index is 11.4. The van der Waals surface area contributed by atoms with Crippen molar-refractivity contribution in [3.63, 3.8) is 0 Å². The lowest BCUT2D eigenvalue weighted by Crippen LogP contribution is -2.46. The molecule has 0 aromatic carbocycles. The molecule has 4 atom stereocenters. The zero-order chi connectivity index (χ0) is 20.2. The standard InChI is InChI=1S/C9H17N3O6.C3H7NO3/c1-4(18-6(13)2-10)7(12)9(16)17-3-5(11)8(14)15;4-2(1-5)3(6)7/h4-5,7H,2-3,10-12H2,1H3,(H,14,15);2,5H,1,4H2,(H,6,7)/t4-,5+,7+;2-/m10/s1. The number of hydrogen-bond donors (Lipinski definition) is 7. The molecular formula is C12H24N4O9. The number of esters is 2. The Morgan fingerprint density at radius 3 is 1.80 bits per heavy atom. The second-order valence-corrected chi connectivity index (χ2v) is 4.63. The van der Waals surface area contributed by atoms with Gasteiger partial charge in [-0.1, -0.05) is 0 Å². The number of aliphatic carboxylic acids is 2. The summed E-state index contributed by atoms with van der Waals surface area (Å²) in [6.07, 6.45) is -0.936. The molecule has 0 radical (unpaired) electrons. The fourth-order valence-electron chi connectivity index (χ4n) is 0.938. The summed E-state index contributed by atoms with van der Waals surface area (Å²) in [6, 6.07) is -3.69. The number of aliphatic hydroxyl groups is 1. The molecule has 13 nitrogen and oxygen atoms in total. The second-order valence-electron chi connectivity index (χ2n) is 4.63. The summed E-state index contributed by atoms with van der Waals surface area (Å²) >= 11 is 0. The lowest BCUT2D eigenvalue weighted by atomic mass is 10.2. The van der Waals surface area contributed by atoms with E-state index in [-0.39, 0.29) is 6.54 Å². The van der Waals surface area contributed by atoms with Gasteiger partial charge in [-0.15, -0.1) is 0 Å². The number of aliphatic hydroxyl groups excluding tert-OH is 1. The Morgan fingerprint density at radius 1 is 1.00 bits per heavy atom. The van der Waals surface area contributed by atoms with Gasteiger partial charge in [0, 0.05) is 0 Å². The van der Waals surface area contributed by atoms with E-state index in [0.29, 0.717) is 0 Å². The number of nitrogens with two attached hydrogens (primary N) is 4. The molecule has 0 aliphatic heterocycles. The molecule has 25 heavy (non-hydrogen) atoms. The Balaban J connectivity index is 0.